The van der Waals surface area contributed by atoms with Gasteiger partial charge in [0, 0.05) is 13.1 Å². The predicted molar refractivity (Wildman–Crippen MR) is 105 cm³/mol. The van der Waals surface area contributed by atoms with Crippen molar-refractivity contribution in [3.63, 3.8) is 0 Å². The maximum atomic E-state index is 11.6. The molecule has 0 spiro atoms. The number of alkyl carbamates (subject to hydrolysis) is 1. The van der Waals surface area contributed by atoms with E-state index in [1.54, 1.807) is 0 Å². The molecule has 0 aliphatic rings. The first-order valence-corrected chi connectivity index (χ1v) is 9.16. The normalized spacial score (nSPS) is 11.7. The lowest BCUT2D eigenvalue weighted by Gasteiger charge is -2.19. The second-order valence-electron chi connectivity index (χ2n) is 7.42. The molecule has 0 fully saturated rings. The van der Waals surface area contributed by atoms with E-state index < -0.39 is 5.60 Å². The van der Waals surface area contributed by atoms with Crippen molar-refractivity contribution in [3.8, 4) is 0 Å². The van der Waals surface area contributed by atoms with Crippen molar-refractivity contribution in [3.05, 3.63) is 30.1 Å². The molecule has 1 amide bonds. The summed E-state index contributed by atoms with van der Waals surface area (Å²) in [7, 11) is 0. The number of aromatic nitrogens is 4. The lowest BCUT2D eigenvalue weighted by atomic mass is 10.2. The molecular weight excluding hydrogens is 344 g/mol. The van der Waals surface area contributed by atoms with Gasteiger partial charge in [0.15, 0.2) is 5.82 Å². The first-order chi connectivity index (χ1) is 12.8. The standard InChI is InChI=1S/C19H26N6O2/c1-13-23-24-17-16(22-14-9-5-6-10-15(14)25(13)17)20-11-7-8-12-21-18(26)27-19(2,3)4/h5-6,9-10H,7-8,11-12H2,1-4H3,(H,20,22)(H,21,26). The third-order valence-corrected chi connectivity index (χ3v) is 3.96. The van der Waals surface area contributed by atoms with Crippen molar-refractivity contribution in [2.45, 2.75) is 46.1 Å². The minimum absolute atomic E-state index is 0.382. The van der Waals surface area contributed by atoms with E-state index in [4.69, 9.17) is 4.74 Å². The van der Waals surface area contributed by atoms with Crippen LogP contribution in [0.2, 0.25) is 0 Å². The number of nitrogens with one attached hydrogen (secondary N) is 2. The van der Waals surface area contributed by atoms with Gasteiger partial charge in [-0.2, -0.15) is 0 Å². The molecule has 2 aromatic heterocycles. The monoisotopic (exact) mass is 370 g/mol. The van der Waals surface area contributed by atoms with E-state index in [2.05, 4.69) is 25.8 Å². The molecule has 3 aromatic rings. The van der Waals surface area contributed by atoms with Crippen LogP contribution >= 0.6 is 0 Å². The van der Waals surface area contributed by atoms with E-state index in [1.807, 2.05) is 56.4 Å². The van der Waals surface area contributed by atoms with Crippen molar-refractivity contribution in [1.82, 2.24) is 24.9 Å². The Bertz CT molecular complexity index is 944. The molecule has 27 heavy (non-hydrogen) atoms. The van der Waals surface area contributed by atoms with Gasteiger partial charge in [-0.15, -0.1) is 10.2 Å². The van der Waals surface area contributed by atoms with Crippen LogP contribution in [0.4, 0.5) is 10.6 Å². The average molecular weight is 370 g/mol. The van der Waals surface area contributed by atoms with Crippen LogP contribution in [0.15, 0.2) is 24.3 Å². The zero-order valence-corrected chi connectivity index (χ0v) is 16.2. The van der Waals surface area contributed by atoms with Crippen LogP contribution in [0.5, 0.6) is 0 Å². The molecule has 8 nitrogen and oxygen atoms in total. The fraction of sp³-hybridized carbons (Fsp3) is 0.474. The number of aryl methyl sites for hydroxylation is 1. The molecule has 2 heterocycles. The van der Waals surface area contributed by atoms with E-state index in [1.165, 1.54) is 0 Å². The Morgan fingerprint density at radius 1 is 1.15 bits per heavy atom. The molecule has 0 radical (unpaired) electrons. The van der Waals surface area contributed by atoms with E-state index in [-0.39, 0.29) is 6.09 Å². The number of hydrogen-bond acceptors (Lipinski definition) is 6. The molecule has 8 heteroatoms. The fourth-order valence-corrected chi connectivity index (χ4v) is 2.80. The van der Waals surface area contributed by atoms with Crippen LogP contribution in [-0.2, 0) is 4.74 Å². The molecule has 0 saturated heterocycles. The Morgan fingerprint density at radius 3 is 2.67 bits per heavy atom. The van der Waals surface area contributed by atoms with E-state index in [0.29, 0.717) is 6.54 Å². The van der Waals surface area contributed by atoms with Gasteiger partial charge in [0.05, 0.1) is 11.0 Å². The third-order valence-electron chi connectivity index (χ3n) is 3.96. The summed E-state index contributed by atoms with van der Waals surface area (Å²) in [5, 5.41) is 14.5. The molecule has 0 saturated carbocycles. The van der Waals surface area contributed by atoms with Gasteiger partial charge in [0.1, 0.15) is 11.4 Å². The van der Waals surface area contributed by atoms with E-state index in [0.717, 1.165) is 47.7 Å². The smallest absolute Gasteiger partial charge is 0.407 e. The summed E-state index contributed by atoms with van der Waals surface area (Å²) in [5.74, 6) is 1.54. The summed E-state index contributed by atoms with van der Waals surface area (Å²) in [6.07, 6.45) is 1.33. The van der Waals surface area contributed by atoms with Gasteiger partial charge in [0.25, 0.3) is 0 Å². The SMILES string of the molecule is Cc1nnc2c(NCCCCNC(=O)OC(C)(C)C)nc3ccccc3n12. The van der Waals surface area contributed by atoms with Crippen LogP contribution in [0, 0.1) is 6.92 Å². The number of rotatable bonds is 6. The fourth-order valence-electron chi connectivity index (χ4n) is 2.80. The molecule has 0 atom stereocenters. The Labute approximate surface area is 158 Å². The van der Waals surface area contributed by atoms with Crippen molar-refractivity contribution in [1.29, 1.82) is 0 Å². The van der Waals surface area contributed by atoms with Gasteiger partial charge in [-0.25, -0.2) is 9.78 Å². The van der Waals surface area contributed by atoms with Gasteiger partial charge in [-0.3, -0.25) is 4.40 Å². The summed E-state index contributed by atoms with van der Waals surface area (Å²) in [6.45, 7) is 8.77. The number of benzene rings is 1. The van der Waals surface area contributed by atoms with Crippen LogP contribution in [0.1, 0.15) is 39.4 Å². The highest BCUT2D eigenvalue weighted by Gasteiger charge is 2.15. The molecule has 1 aromatic carbocycles. The summed E-state index contributed by atoms with van der Waals surface area (Å²) >= 11 is 0. The highest BCUT2D eigenvalue weighted by Crippen LogP contribution is 2.21. The molecule has 0 unspecified atom stereocenters. The number of para-hydroxylation sites is 2. The van der Waals surface area contributed by atoms with Gasteiger partial charge in [-0.1, -0.05) is 12.1 Å². The van der Waals surface area contributed by atoms with Crippen molar-refractivity contribution in [2.75, 3.05) is 18.4 Å². The molecule has 2 N–H and O–H groups in total. The zero-order chi connectivity index (χ0) is 19.4. The summed E-state index contributed by atoms with van der Waals surface area (Å²) in [5.41, 5.74) is 2.12. The number of carbonyl (C=O) groups is 1. The number of unbranched alkanes of at least 4 members (excludes halogenated alkanes) is 1. The third kappa shape index (κ3) is 4.64. The molecule has 0 bridgehead atoms. The molecule has 144 valence electrons. The number of ether oxygens (including phenoxy) is 1. The second-order valence-corrected chi connectivity index (χ2v) is 7.42. The molecular formula is C19H26N6O2. The predicted octanol–water partition coefficient (Wildman–Crippen LogP) is 3.30. The van der Waals surface area contributed by atoms with Crippen molar-refractivity contribution >= 4 is 28.6 Å². The Morgan fingerprint density at radius 2 is 1.89 bits per heavy atom. The maximum Gasteiger partial charge on any atom is 0.407 e. The number of anilines is 1. The van der Waals surface area contributed by atoms with Gasteiger partial charge in [0.2, 0.25) is 5.65 Å². The number of hydrogen-bond donors (Lipinski definition) is 2. The summed E-state index contributed by atoms with van der Waals surface area (Å²) < 4.78 is 7.22. The highest BCUT2D eigenvalue weighted by atomic mass is 16.6. The lowest BCUT2D eigenvalue weighted by Crippen LogP contribution is -2.33. The van der Waals surface area contributed by atoms with Crippen molar-refractivity contribution in [2.24, 2.45) is 0 Å². The lowest BCUT2D eigenvalue weighted by molar-refractivity contribution is 0.0527. The van der Waals surface area contributed by atoms with Crippen LogP contribution in [-0.4, -0.2) is 44.4 Å². The first kappa shape index (κ1) is 18.9. The quantitative estimate of drug-likeness (QED) is 0.647. The van der Waals surface area contributed by atoms with Crippen molar-refractivity contribution < 1.29 is 9.53 Å². The van der Waals surface area contributed by atoms with E-state index in [9.17, 15) is 4.79 Å². The number of nitrogens with zero attached hydrogens (tertiary/aromatic N) is 4. The van der Waals surface area contributed by atoms with Gasteiger partial charge >= 0.3 is 6.09 Å². The Hall–Kier alpha value is -2.90. The Kier molecular flexibility index (Phi) is 5.43. The van der Waals surface area contributed by atoms with E-state index >= 15 is 0 Å². The number of carbonyl (C=O) groups excluding carboxylic acids is 1. The highest BCUT2D eigenvalue weighted by molar-refractivity contribution is 5.82. The Balaban J connectivity index is 1.56. The minimum atomic E-state index is -0.477. The largest absolute Gasteiger partial charge is 0.444 e. The number of fused-ring (bicyclic) bond motifs is 3. The zero-order valence-electron chi connectivity index (χ0n) is 16.2. The number of amides is 1. The maximum absolute atomic E-state index is 11.6. The topological polar surface area (TPSA) is 93.4 Å². The van der Waals surface area contributed by atoms with Crippen LogP contribution < -0.4 is 10.6 Å². The summed E-state index contributed by atoms with van der Waals surface area (Å²) in [4.78, 5) is 16.3. The second kappa shape index (κ2) is 7.77. The summed E-state index contributed by atoms with van der Waals surface area (Å²) in [6, 6.07) is 7.93. The molecule has 0 aliphatic heterocycles. The van der Waals surface area contributed by atoms with Crippen LogP contribution in [0.25, 0.3) is 16.7 Å². The first-order valence-electron chi connectivity index (χ1n) is 9.16. The van der Waals surface area contributed by atoms with Gasteiger partial charge < -0.3 is 15.4 Å². The molecule has 0 aliphatic carbocycles. The van der Waals surface area contributed by atoms with Gasteiger partial charge in [-0.05, 0) is 52.7 Å². The minimum Gasteiger partial charge on any atom is -0.444 e. The average Bonchev–Trinajstić information content (AvgIpc) is 2.99. The molecule has 3 rings (SSSR count). The van der Waals surface area contributed by atoms with Crippen LogP contribution in [0.3, 0.4) is 0 Å².